The lowest BCUT2D eigenvalue weighted by molar-refractivity contribution is -0.137. The van der Waals surface area contributed by atoms with E-state index < -0.39 is 11.7 Å². The molecule has 27 heavy (non-hydrogen) atoms. The summed E-state index contributed by atoms with van der Waals surface area (Å²) in [5, 5.41) is 5.60. The quantitative estimate of drug-likeness (QED) is 0.461. The van der Waals surface area contributed by atoms with Crippen molar-refractivity contribution in [3.05, 3.63) is 63.9 Å². The fourth-order valence-corrected chi connectivity index (χ4v) is 2.60. The Kier molecular flexibility index (Phi) is 5.68. The zero-order valence-electron chi connectivity index (χ0n) is 14.0. The molecule has 1 aromatic heterocycles. The highest BCUT2D eigenvalue weighted by atomic mass is 127. The molecule has 0 unspecified atom stereocenters. The van der Waals surface area contributed by atoms with Crippen LogP contribution in [0.1, 0.15) is 5.56 Å². The summed E-state index contributed by atoms with van der Waals surface area (Å²) in [6.07, 6.45) is -3.84. The smallest absolute Gasteiger partial charge is 0.421 e. The van der Waals surface area contributed by atoms with Crippen molar-refractivity contribution < 1.29 is 17.9 Å². The van der Waals surface area contributed by atoms with Gasteiger partial charge in [-0.25, -0.2) is 4.98 Å². The third-order valence-corrected chi connectivity index (χ3v) is 4.25. The van der Waals surface area contributed by atoms with Crippen molar-refractivity contribution in [3.63, 3.8) is 0 Å². The highest BCUT2D eigenvalue weighted by Crippen LogP contribution is 2.35. The fourth-order valence-electron chi connectivity index (χ4n) is 2.24. The third-order valence-electron chi connectivity index (χ3n) is 3.53. The molecule has 3 rings (SSSR count). The van der Waals surface area contributed by atoms with E-state index >= 15 is 0 Å². The molecule has 2 N–H and O–H groups in total. The van der Waals surface area contributed by atoms with Gasteiger partial charge in [-0.2, -0.15) is 18.2 Å². The van der Waals surface area contributed by atoms with Gasteiger partial charge in [0.2, 0.25) is 5.95 Å². The van der Waals surface area contributed by atoms with Crippen LogP contribution in [0.3, 0.4) is 0 Å². The van der Waals surface area contributed by atoms with Gasteiger partial charge in [0.05, 0.1) is 7.11 Å². The van der Waals surface area contributed by atoms with Gasteiger partial charge in [-0.15, -0.1) is 0 Å². The normalized spacial score (nSPS) is 11.1. The molecule has 0 atom stereocenters. The van der Waals surface area contributed by atoms with Crippen LogP contribution in [-0.4, -0.2) is 17.1 Å². The van der Waals surface area contributed by atoms with Crippen molar-refractivity contribution >= 4 is 45.7 Å². The highest BCUT2D eigenvalue weighted by Gasteiger charge is 2.35. The molecule has 2 aromatic carbocycles. The van der Waals surface area contributed by atoms with Crippen LogP contribution < -0.4 is 15.4 Å². The lowest BCUT2D eigenvalue weighted by Crippen LogP contribution is -2.12. The Morgan fingerprint density at radius 3 is 2.41 bits per heavy atom. The Morgan fingerprint density at radius 1 is 1.00 bits per heavy atom. The van der Waals surface area contributed by atoms with Crippen LogP contribution in [-0.2, 0) is 6.18 Å². The first kappa shape index (κ1) is 19.2. The Bertz CT molecular complexity index is 933. The molecule has 0 amide bonds. The summed E-state index contributed by atoms with van der Waals surface area (Å²) in [6, 6.07) is 13.9. The van der Waals surface area contributed by atoms with E-state index in [2.05, 4.69) is 43.2 Å². The Labute approximate surface area is 167 Å². The SMILES string of the molecule is COc1cccc(Nc2nc(Nc3ccc(I)cc3)ncc2C(F)(F)F)c1. The highest BCUT2D eigenvalue weighted by molar-refractivity contribution is 14.1. The number of aromatic nitrogens is 2. The average molecular weight is 486 g/mol. The maximum atomic E-state index is 13.3. The number of rotatable bonds is 5. The van der Waals surface area contributed by atoms with Crippen molar-refractivity contribution in [3.8, 4) is 5.75 Å². The molecule has 0 fully saturated rings. The molecule has 0 aliphatic carbocycles. The van der Waals surface area contributed by atoms with E-state index in [1.807, 2.05) is 12.1 Å². The number of hydrogen-bond acceptors (Lipinski definition) is 5. The van der Waals surface area contributed by atoms with Gasteiger partial charge < -0.3 is 15.4 Å². The number of halogens is 4. The minimum absolute atomic E-state index is 0.0506. The van der Waals surface area contributed by atoms with Gasteiger partial charge >= 0.3 is 6.18 Å². The number of nitrogens with zero attached hydrogens (tertiary/aromatic N) is 2. The molecule has 5 nitrogen and oxygen atoms in total. The van der Waals surface area contributed by atoms with Crippen LogP contribution in [0.4, 0.5) is 36.3 Å². The van der Waals surface area contributed by atoms with Crippen molar-refractivity contribution in [2.45, 2.75) is 6.18 Å². The fraction of sp³-hybridized carbons (Fsp3) is 0.111. The van der Waals surface area contributed by atoms with Crippen molar-refractivity contribution in [1.82, 2.24) is 9.97 Å². The topological polar surface area (TPSA) is 59.1 Å². The second-order valence-electron chi connectivity index (χ2n) is 5.44. The average Bonchev–Trinajstić information content (AvgIpc) is 2.63. The first-order chi connectivity index (χ1) is 12.8. The van der Waals surface area contributed by atoms with Gasteiger partial charge in [0.25, 0.3) is 0 Å². The van der Waals surface area contributed by atoms with E-state index in [9.17, 15) is 13.2 Å². The minimum Gasteiger partial charge on any atom is -0.497 e. The maximum absolute atomic E-state index is 13.3. The van der Waals surface area contributed by atoms with Crippen molar-refractivity contribution in [2.75, 3.05) is 17.7 Å². The first-order valence-corrected chi connectivity index (χ1v) is 8.81. The molecule has 1 heterocycles. The van der Waals surface area contributed by atoms with Gasteiger partial charge in [0.15, 0.2) is 0 Å². The Morgan fingerprint density at radius 2 is 1.74 bits per heavy atom. The largest absolute Gasteiger partial charge is 0.497 e. The summed E-state index contributed by atoms with van der Waals surface area (Å²) in [5.74, 6) is 0.216. The number of nitrogens with one attached hydrogen (secondary N) is 2. The summed E-state index contributed by atoms with van der Waals surface area (Å²) in [5.41, 5.74) is 0.125. The van der Waals surface area contributed by atoms with Gasteiger partial charge in [0.1, 0.15) is 17.1 Å². The van der Waals surface area contributed by atoms with Crippen LogP contribution in [0.15, 0.2) is 54.7 Å². The van der Waals surface area contributed by atoms with Crippen molar-refractivity contribution in [1.29, 1.82) is 0 Å². The van der Waals surface area contributed by atoms with Gasteiger partial charge in [-0.3, -0.25) is 0 Å². The molecule has 0 radical (unpaired) electrons. The molecule has 0 saturated heterocycles. The van der Waals surface area contributed by atoms with Gasteiger partial charge in [0, 0.05) is 27.2 Å². The summed E-state index contributed by atoms with van der Waals surface area (Å²) in [4.78, 5) is 7.80. The summed E-state index contributed by atoms with van der Waals surface area (Å²) in [6.45, 7) is 0. The van der Waals surface area contributed by atoms with E-state index in [1.165, 1.54) is 7.11 Å². The van der Waals surface area contributed by atoms with E-state index in [4.69, 9.17) is 4.74 Å². The Balaban J connectivity index is 1.94. The van der Waals surface area contributed by atoms with Crippen LogP contribution in [0, 0.1) is 3.57 Å². The maximum Gasteiger partial charge on any atom is 0.421 e. The van der Waals surface area contributed by atoms with E-state index in [0.717, 1.165) is 9.77 Å². The molecular formula is C18H14F3IN4O. The molecule has 3 aromatic rings. The molecule has 0 saturated carbocycles. The predicted molar refractivity (Wildman–Crippen MR) is 106 cm³/mol. The Hall–Kier alpha value is -2.56. The number of ether oxygens (including phenoxy) is 1. The van der Waals surface area contributed by atoms with Crippen LogP contribution >= 0.6 is 22.6 Å². The monoisotopic (exact) mass is 486 g/mol. The minimum atomic E-state index is -4.59. The summed E-state index contributed by atoms with van der Waals surface area (Å²) < 4.78 is 46.1. The molecule has 9 heteroatoms. The number of benzene rings is 2. The molecule has 0 bridgehead atoms. The third kappa shape index (κ3) is 5.00. The first-order valence-electron chi connectivity index (χ1n) is 7.73. The number of anilines is 4. The molecule has 0 aliphatic heterocycles. The van der Waals surface area contributed by atoms with E-state index in [1.54, 1.807) is 36.4 Å². The van der Waals surface area contributed by atoms with Gasteiger partial charge in [-0.1, -0.05) is 6.07 Å². The zero-order valence-corrected chi connectivity index (χ0v) is 16.2. The van der Waals surface area contributed by atoms with E-state index in [0.29, 0.717) is 17.1 Å². The zero-order chi connectivity index (χ0) is 19.4. The number of alkyl halides is 3. The van der Waals surface area contributed by atoms with E-state index in [-0.39, 0.29) is 11.8 Å². The predicted octanol–water partition coefficient (Wildman–Crippen LogP) is 5.60. The summed E-state index contributed by atoms with van der Waals surface area (Å²) >= 11 is 2.16. The lowest BCUT2D eigenvalue weighted by atomic mass is 10.2. The number of hydrogen-bond donors (Lipinski definition) is 2. The molecule has 0 aliphatic rings. The van der Waals surface area contributed by atoms with Crippen LogP contribution in [0.5, 0.6) is 5.75 Å². The van der Waals surface area contributed by atoms with Crippen LogP contribution in [0.25, 0.3) is 0 Å². The summed E-state index contributed by atoms with van der Waals surface area (Å²) in [7, 11) is 1.48. The molecule has 140 valence electrons. The second kappa shape index (κ2) is 7.99. The standard InChI is InChI=1S/C18H14F3IN4O/c1-27-14-4-2-3-13(9-14)24-16-15(18(19,20)21)10-23-17(26-16)25-12-7-5-11(22)6-8-12/h2-10H,1H3,(H2,23,24,25,26). The van der Waals surface area contributed by atoms with Crippen molar-refractivity contribution in [2.24, 2.45) is 0 Å². The second-order valence-corrected chi connectivity index (χ2v) is 6.69. The number of methoxy groups -OCH3 is 1. The molecular weight excluding hydrogens is 472 g/mol. The van der Waals surface area contributed by atoms with Crippen LogP contribution in [0.2, 0.25) is 0 Å². The van der Waals surface area contributed by atoms with Gasteiger partial charge in [-0.05, 0) is 59.0 Å². The lowest BCUT2D eigenvalue weighted by Gasteiger charge is -2.15. The molecule has 0 spiro atoms.